The predicted molar refractivity (Wildman–Crippen MR) is 191 cm³/mol. The van der Waals surface area contributed by atoms with Crippen molar-refractivity contribution in [2.24, 2.45) is 0 Å². The highest BCUT2D eigenvalue weighted by Gasteiger charge is 2.44. The fourth-order valence-electron chi connectivity index (χ4n) is 6.41. The maximum absolute atomic E-state index is 14.6. The lowest BCUT2D eigenvalue weighted by molar-refractivity contribution is -0.157. The Morgan fingerprint density at radius 2 is 1.78 bits per heavy atom. The minimum absolute atomic E-state index is 0.0256. The second kappa shape index (κ2) is 16.1. The number of urea groups is 1. The number of hydrogen-bond acceptors (Lipinski definition) is 6. The molecule has 4 amide bonds. The number of nitrogens with zero attached hydrogens (tertiary/aromatic N) is 4. The Morgan fingerprint density at radius 3 is 2.52 bits per heavy atom. The standard InChI is InChI=1S/C40H41N7O3/c1-2-19-42-25-37(48)47-35(22-28-13-15-31(16-14-28)32-17-18-32)39(49)46(27-36(47)45-40(50)44-24-29-8-4-3-5-9-29)26-34-12-7-20-43-38(34)33-11-6-10-30(21-33)23-41/h2-16,20-21,32,35-36,42H,1,17-19,22,24-27H2,(H2,44,45,50)/t35-,36+/m0/s1. The van der Waals surface area contributed by atoms with Gasteiger partial charge in [-0.1, -0.05) is 78.9 Å². The maximum atomic E-state index is 14.6. The zero-order chi connectivity index (χ0) is 34.9. The Labute approximate surface area is 292 Å². The molecule has 2 aliphatic rings. The summed E-state index contributed by atoms with van der Waals surface area (Å²) < 4.78 is 0. The van der Waals surface area contributed by atoms with Crippen molar-refractivity contribution in [3.63, 3.8) is 0 Å². The normalized spacial score (nSPS) is 17.1. The summed E-state index contributed by atoms with van der Waals surface area (Å²) in [6.45, 7) is 4.68. The quantitative estimate of drug-likeness (QED) is 0.138. The first-order valence-electron chi connectivity index (χ1n) is 17.0. The van der Waals surface area contributed by atoms with Crippen LogP contribution in [0.4, 0.5) is 4.79 Å². The van der Waals surface area contributed by atoms with Gasteiger partial charge in [0.25, 0.3) is 0 Å². The van der Waals surface area contributed by atoms with Gasteiger partial charge in [0, 0.05) is 37.8 Å². The Morgan fingerprint density at radius 1 is 0.980 bits per heavy atom. The lowest BCUT2D eigenvalue weighted by atomic mass is 9.97. The summed E-state index contributed by atoms with van der Waals surface area (Å²) in [4.78, 5) is 49.8. The van der Waals surface area contributed by atoms with Gasteiger partial charge in [0.05, 0.1) is 30.4 Å². The summed E-state index contributed by atoms with van der Waals surface area (Å²) >= 11 is 0. The van der Waals surface area contributed by atoms with E-state index in [4.69, 9.17) is 0 Å². The van der Waals surface area contributed by atoms with Crippen LogP contribution in [0.3, 0.4) is 0 Å². The van der Waals surface area contributed by atoms with Crippen molar-refractivity contribution < 1.29 is 14.4 Å². The average Bonchev–Trinajstić information content (AvgIpc) is 4.00. The number of carbonyl (C=O) groups excluding carboxylic acids is 3. The molecular formula is C40H41N7O3. The number of pyridine rings is 1. The van der Waals surface area contributed by atoms with Crippen LogP contribution in [-0.2, 0) is 29.1 Å². The number of rotatable bonds is 13. The van der Waals surface area contributed by atoms with E-state index < -0.39 is 18.2 Å². The highest BCUT2D eigenvalue weighted by Crippen LogP contribution is 2.40. The van der Waals surface area contributed by atoms with Gasteiger partial charge in [0.2, 0.25) is 11.8 Å². The van der Waals surface area contributed by atoms with Gasteiger partial charge in [-0.3, -0.25) is 14.6 Å². The second-order valence-corrected chi connectivity index (χ2v) is 12.7. The van der Waals surface area contributed by atoms with E-state index in [1.807, 2.05) is 60.7 Å². The van der Waals surface area contributed by atoms with Crippen molar-refractivity contribution in [3.05, 3.63) is 138 Å². The van der Waals surface area contributed by atoms with Crippen LogP contribution < -0.4 is 16.0 Å². The summed E-state index contributed by atoms with van der Waals surface area (Å²) in [6.07, 6.45) is 5.18. The zero-order valence-corrected chi connectivity index (χ0v) is 27.9. The molecule has 1 aliphatic carbocycles. The number of amides is 4. The molecule has 10 nitrogen and oxygen atoms in total. The molecule has 2 heterocycles. The van der Waals surface area contributed by atoms with E-state index in [0.717, 1.165) is 22.3 Å². The summed E-state index contributed by atoms with van der Waals surface area (Å²) in [5, 5.41) is 18.5. The van der Waals surface area contributed by atoms with Gasteiger partial charge in [0.15, 0.2) is 0 Å². The molecule has 4 aromatic rings. The molecular weight excluding hydrogens is 626 g/mol. The maximum Gasteiger partial charge on any atom is 0.316 e. The van der Waals surface area contributed by atoms with Gasteiger partial charge in [-0.25, -0.2) is 4.79 Å². The fourth-order valence-corrected chi connectivity index (χ4v) is 6.41. The van der Waals surface area contributed by atoms with Crippen LogP contribution in [0.1, 0.15) is 46.6 Å². The van der Waals surface area contributed by atoms with E-state index in [1.54, 1.807) is 35.4 Å². The van der Waals surface area contributed by atoms with E-state index in [0.29, 0.717) is 30.3 Å². The zero-order valence-electron chi connectivity index (χ0n) is 27.9. The van der Waals surface area contributed by atoms with Crippen molar-refractivity contribution in [3.8, 4) is 17.3 Å². The molecule has 0 unspecified atom stereocenters. The number of nitriles is 1. The molecule has 0 radical (unpaired) electrons. The lowest BCUT2D eigenvalue weighted by Crippen LogP contribution is -2.69. The molecule has 3 aromatic carbocycles. The Balaban J connectivity index is 1.32. The van der Waals surface area contributed by atoms with Gasteiger partial charge >= 0.3 is 6.03 Å². The molecule has 1 saturated carbocycles. The van der Waals surface area contributed by atoms with Crippen LogP contribution in [-0.4, -0.2) is 64.5 Å². The fraction of sp³-hybridized carbons (Fsp3) is 0.275. The molecule has 1 saturated heterocycles. The number of piperazine rings is 1. The number of aromatic nitrogens is 1. The first kappa shape index (κ1) is 34.1. The van der Waals surface area contributed by atoms with Crippen LogP contribution in [0.25, 0.3) is 11.3 Å². The number of benzene rings is 3. The summed E-state index contributed by atoms with van der Waals surface area (Å²) in [5.41, 5.74) is 5.84. The smallest absolute Gasteiger partial charge is 0.316 e. The van der Waals surface area contributed by atoms with E-state index in [2.05, 4.69) is 45.7 Å². The Hall–Kier alpha value is -5.79. The topological polar surface area (TPSA) is 130 Å². The van der Waals surface area contributed by atoms with Gasteiger partial charge in [-0.05, 0) is 59.2 Å². The summed E-state index contributed by atoms with van der Waals surface area (Å²) in [6, 6.07) is 29.6. The molecule has 1 aromatic heterocycles. The average molecular weight is 668 g/mol. The van der Waals surface area contributed by atoms with Crippen molar-refractivity contribution in [1.29, 1.82) is 5.26 Å². The van der Waals surface area contributed by atoms with Crippen LogP contribution in [0, 0.1) is 11.3 Å². The highest BCUT2D eigenvalue weighted by atomic mass is 16.2. The Kier molecular flexibility index (Phi) is 11.0. The molecule has 2 fully saturated rings. The van der Waals surface area contributed by atoms with E-state index in [-0.39, 0.29) is 37.9 Å². The van der Waals surface area contributed by atoms with Crippen molar-refractivity contribution >= 4 is 17.8 Å². The third-order valence-electron chi connectivity index (χ3n) is 9.08. The number of nitrogens with one attached hydrogen (secondary N) is 3. The molecule has 6 rings (SSSR count). The number of carbonyl (C=O) groups is 3. The summed E-state index contributed by atoms with van der Waals surface area (Å²) in [5.74, 6) is 0.0650. The number of hydrogen-bond donors (Lipinski definition) is 3. The van der Waals surface area contributed by atoms with E-state index in [9.17, 15) is 19.6 Å². The predicted octanol–water partition coefficient (Wildman–Crippen LogP) is 4.88. The summed E-state index contributed by atoms with van der Waals surface area (Å²) in [7, 11) is 0. The van der Waals surface area contributed by atoms with Crippen LogP contribution in [0.5, 0.6) is 0 Å². The van der Waals surface area contributed by atoms with Crippen LogP contribution >= 0.6 is 0 Å². The first-order valence-corrected chi connectivity index (χ1v) is 17.0. The first-order chi connectivity index (χ1) is 24.4. The van der Waals surface area contributed by atoms with Gasteiger partial charge in [-0.2, -0.15) is 5.26 Å². The van der Waals surface area contributed by atoms with Crippen molar-refractivity contribution in [2.75, 3.05) is 19.6 Å². The molecule has 10 heteroatoms. The van der Waals surface area contributed by atoms with Gasteiger partial charge < -0.3 is 25.8 Å². The lowest BCUT2D eigenvalue weighted by Gasteiger charge is -2.46. The molecule has 254 valence electrons. The molecule has 50 heavy (non-hydrogen) atoms. The van der Waals surface area contributed by atoms with Crippen molar-refractivity contribution in [1.82, 2.24) is 30.7 Å². The monoisotopic (exact) mass is 667 g/mol. The van der Waals surface area contributed by atoms with Gasteiger partial charge in [0.1, 0.15) is 12.2 Å². The molecule has 1 aliphatic heterocycles. The van der Waals surface area contributed by atoms with E-state index in [1.165, 1.54) is 23.3 Å². The van der Waals surface area contributed by atoms with E-state index >= 15 is 0 Å². The molecule has 0 spiro atoms. The molecule has 2 atom stereocenters. The van der Waals surface area contributed by atoms with Crippen molar-refractivity contribution in [2.45, 2.75) is 50.5 Å². The third kappa shape index (κ3) is 8.43. The van der Waals surface area contributed by atoms with Gasteiger partial charge in [-0.15, -0.1) is 6.58 Å². The van der Waals surface area contributed by atoms with Crippen LogP contribution in [0.15, 0.2) is 110 Å². The van der Waals surface area contributed by atoms with Crippen LogP contribution in [0.2, 0.25) is 0 Å². The molecule has 0 bridgehead atoms. The third-order valence-corrected chi connectivity index (χ3v) is 9.08. The highest BCUT2D eigenvalue weighted by molar-refractivity contribution is 5.91. The SMILES string of the molecule is C=CCNCC(=O)N1[C@@H](NC(=O)NCc2ccccc2)CN(Cc2cccnc2-c2cccc(C#N)c2)C(=O)[C@@H]1Cc1ccc(C2CC2)cc1. The minimum Gasteiger partial charge on any atom is -0.334 e. The second-order valence-electron chi connectivity index (χ2n) is 12.7. The molecule has 3 N–H and O–H groups in total. The Bertz CT molecular complexity index is 1870. The minimum atomic E-state index is -0.880. The largest absolute Gasteiger partial charge is 0.334 e.